The molecule has 0 aliphatic carbocycles. The van der Waals surface area contributed by atoms with Crippen LogP contribution in [-0.2, 0) is 15.5 Å². The maximum Gasteiger partial charge on any atom is 1.00 e. The van der Waals surface area contributed by atoms with E-state index in [1.165, 1.54) is 25.7 Å². The van der Waals surface area contributed by atoms with Crippen LogP contribution in [0.25, 0.3) is 0 Å². The fourth-order valence-corrected chi connectivity index (χ4v) is 1.57. The van der Waals surface area contributed by atoms with Crippen molar-refractivity contribution in [1.82, 2.24) is 0 Å². The SMILES string of the molecule is CC(C)CCCCCCCOS(=O)[O-].[Li+]. The van der Waals surface area contributed by atoms with Crippen LogP contribution in [-0.4, -0.2) is 15.4 Å². The molecule has 0 rings (SSSR count). The molecule has 1 unspecified atom stereocenters. The minimum Gasteiger partial charge on any atom is -0.750 e. The molecule has 0 aliphatic rings. The molecule has 1 atom stereocenters. The van der Waals surface area contributed by atoms with Gasteiger partial charge in [-0.1, -0.05) is 46.0 Å². The normalized spacial score (nSPS) is 12.5. The second-order valence-corrected chi connectivity index (χ2v) is 4.62. The summed E-state index contributed by atoms with van der Waals surface area (Å²) >= 11 is -2.33. The van der Waals surface area contributed by atoms with Gasteiger partial charge in [-0.3, -0.25) is 0 Å². The van der Waals surface area contributed by atoms with Gasteiger partial charge in [0.1, 0.15) is 0 Å². The van der Waals surface area contributed by atoms with Gasteiger partial charge in [-0.2, -0.15) is 0 Å². The molecule has 86 valence electrons. The summed E-state index contributed by atoms with van der Waals surface area (Å²) in [4.78, 5) is 0. The Labute approximate surface area is 108 Å². The number of unbranched alkanes of at least 4 members (excludes halogenated alkanes) is 4. The second-order valence-electron chi connectivity index (χ2n) is 3.98. The molecule has 0 aliphatic heterocycles. The van der Waals surface area contributed by atoms with Gasteiger partial charge in [0.05, 0.1) is 18.0 Å². The van der Waals surface area contributed by atoms with Crippen LogP contribution in [0.2, 0.25) is 0 Å². The fourth-order valence-electron chi connectivity index (χ4n) is 1.31. The number of hydrogen-bond donors (Lipinski definition) is 0. The average Bonchev–Trinajstić information content (AvgIpc) is 2.08. The summed E-state index contributed by atoms with van der Waals surface area (Å²) in [5, 5.41) is 0. The number of rotatable bonds is 9. The molecule has 0 aromatic carbocycles. The molecule has 0 aromatic rings. The Kier molecular flexibility index (Phi) is 15.3. The van der Waals surface area contributed by atoms with Crippen molar-refractivity contribution in [2.45, 2.75) is 52.4 Å². The summed E-state index contributed by atoms with van der Waals surface area (Å²) < 4.78 is 24.4. The fraction of sp³-hybridized carbons (Fsp3) is 1.00. The Morgan fingerprint density at radius 3 is 2.20 bits per heavy atom. The summed E-state index contributed by atoms with van der Waals surface area (Å²) in [7, 11) is 0. The van der Waals surface area contributed by atoms with E-state index in [1.54, 1.807) is 0 Å². The summed E-state index contributed by atoms with van der Waals surface area (Å²) in [5.41, 5.74) is 0. The molecular formula is C10H21LiO3S. The van der Waals surface area contributed by atoms with E-state index in [-0.39, 0.29) is 18.9 Å². The van der Waals surface area contributed by atoms with Gasteiger partial charge >= 0.3 is 18.9 Å². The summed E-state index contributed by atoms with van der Waals surface area (Å²) in [6, 6.07) is 0. The first-order chi connectivity index (χ1) is 6.63. The molecule has 0 spiro atoms. The predicted octanol–water partition coefficient (Wildman–Crippen LogP) is -0.202. The molecule has 5 heteroatoms. The van der Waals surface area contributed by atoms with Crippen molar-refractivity contribution >= 4 is 11.4 Å². The first-order valence-electron chi connectivity index (χ1n) is 5.35. The Bertz CT molecular complexity index is 154. The third kappa shape index (κ3) is 17.3. The van der Waals surface area contributed by atoms with Crippen LogP contribution in [0.4, 0.5) is 0 Å². The van der Waals surface area contributed by atoms with Crippen LogP contribution in [0.1, 0.15) is 52.4 Å². The Balaban J connectivity index is 0. The van der Waals surface area contributed by atoms with Crippen molar-refractivity contribution < 1.29 is 31.8 Å². The van der Waals surface area contributed by atoms with Crippen molar-refractivity contribution in [3.05, 3.63) is 0 Å². The number of hydrogen-bond acceptors (Lipinski definition) is 3. The third-order valence-electron chi connectivity index (χ3n) is 2.11. The van der Waals surface area contributed by atoms with Crippen LogP contribution in [0.15, 0.2) is 0 Å². The maximum absolute atomic E-state index is 9.99. The molecule has 0 radical (unpaired) electrons. The van der Waals surface area contributed by atoms with E-state index in [2.05, 4.69) is 18.0 Å². The zero-order valence-corrected chi connectivity index (χ0v) is 11.0. The van der Waals surface area contributed by atoms with E-state index in [9.17, 15) is 8.76 Å². The molecule has 0 aromatic heterocycles. The third-order valence-corrected chi connectivity index (χ3v) is 2.46. The van der Waals surface area contributed by atoms with E-state index >= 15 is 0 Å². The molecule has 0 heterocycles. The van der Waals surface area contributed by atoms with Gasteiger partial charge in [-0.25, -0.2) is 4.21 Å². The van der Waals surface area contributed by atoms with Gasteiger partial charge in [-0.15, -0.1) is 0 Å². The second kappa shape index (κ2) is 12.7. The van der Waals surface area contributed by atoms with Crippen LogP contribution in [0.3, 0.4) is 0 Å². The molecule has 0 fully saturated rings. The Hall–Kier alpha value is 0.667. The van der Waals surface area contributed by atoms with Crippen molar-refractivity contribution in [3.8, 4) is 0 Å². The zero-order chi connectivity index (χ0) is 10.8. The van der Waals surface area contributed by atoms with Crippen LogP contribution >= 0.6 is 0 Å². The Morgan fingerprint density at radius 1 is 1.13 bits per heavy atom. The minimum atomic E-state index is -2.33. The zero-order valence-electron chi connectivity index (χ0n) is 10.2. The first kappa shape index (κ1) is 18.0. The van der Waals surface area contributed by atoms with Crippen molar-refractivity contribution in [2.24, 2.45) is 5.92 Å². The largest absolute Gasteiger partial charge is 1.00 e. The smallest absolute Gasteiger partial charge is 0.750 e. The molecule has 0 bridgehead atoms. The molecule has 0 N–H and O–H groups in total. The Morgan fingerprint density at radius 2 is 1.67 bits per heavy atom. The summed E-state index contributed by atoms with van der Waals surface area (Å²) in [6.07, 6.45) is 6.91. The average molecular weight is 228 g/mol. The van der Waals surface area contributed by atoms with Crippen LogP contribution in [0, 0.1) is 5.92 Å². The van der Waals surface area contributed by atoms with E-state index in [4.69, 9.17) is 0 Å². The van der Waals surface area contributed by atoms with Gasteiger partial charge in [0, 0.05) is 0 Å². The minimum absolute atomic E-state index is 0. The monoisotopic (exact) mass is 228 g/mol. The standard InChI is InChI=1S/C10H22O3S.Li/c1-10(2)8-6-4-3-5-7-9-13-14(11)12;/h10H,3-9H2,1-2H3,(H,11,12);/q;+1/p-1. The maximum atomic E-state index is 9.99. The predicted molar refractivity (Wildman–Crippen MR) is 57.4 cm³/mol. The van der Waals surface area contributed by atoms with E-state index in [1.807, 2.05) is 0 Å². The topological polar surface area (TPSA) is 49.4 Å². The van der Waals surface area contributed by atoms with Crippen molar-refractivity contribution in [2.75, 3.05) is 6.61 Å². The summed E-state index contributed by atoms with van der Waals surface area (Å²) in [6.45, 7) is 4.80. The van der Waals surface area contributed by atoms with Gasteiger partial charge in [0.25, 0.3) is 0 Å². The summed E-state index contributed by atoms with van der Waals surface area (Å²) in [5.74, 6) is 0.793. The van der Waals surface area contributed by atoms with Crippen molar-refractivity contribution in [1.29, 1.82) is 0 Å². The molecule has 0 amide bonds. The molecular weight excluding hydrogens is 207 g/mol. The molecule has 0 saturated heterocycles. The quantitative estimate of drug-likeness (QED) is 0.312. The van der Waals surface area contributed by atoms with Gasteiger partial charge in [-0.05, 0) is 12.3 Å². The van der Waals surface area contributed by atoms with Gasteiger partial charge < -0.3 is 8.74 Å². The van der Waals surface area contributed by atoms with E-state index < -0.39 is 11.4 Å². The molecule has 15 heavy (non-hydrogen) atoms. The van der Waals surface area contributed by atoms with Crippen LogP contribution < -0.4 is 18.9 Å². The van der Waals surface area contributed by atoms with E-state index in [0.717, 1.165) is 18.8 Å². The van der Waals surface area contributed by atoms with Gasteiger partial charge in [0.2, 0.25) is 0 Å². The van der Waals surface area contributed by atoms with Crippen LogP contribution in [0.5, 0.6) is 0 Å². The van der Waals surface area contributed by atoms with E-state index in [0.29, 0.717) is 6.61 Å². The first-order valence-corrected chi connectivity index (χ1v) is 6.35. The molecule has 0 saturated carbocycles. The van der Waals surface area contributed by atoms with Gasteiger partial charge in [0.15, 0.2) is 0 Å². The van der Waals surface area contributed by atoms with Crippen molar-refractivity contribution in [3.63, 3.8) is 0 Å². The molecule has 3 nitrogen and oxygen atoms in total.